The molecule has 1 aromatic carbocycles. The van der Waals surface area contributed by atoms with Crippen molar-refractivity contribution in [3.63, 3.8) is 0 Å². The Morgan fingerprint density at radius 1 is 1.10 bits per heavy atom. The van der Waals surface area contributed by atoms with Gasteiger partial charge in [0.1, 0.15) is 0 Å². The van der Waals surface area contributed by atoms with Gasteiger partial charge in [0.2, 0.25) is 5.91 Å². The van der Waals surface area contributed by atoms with Crippen LogP contribution >= 0.6 is 12.2 Å². The van der Waals surface area contributed by atoms with Gasteiger partial charge in [-0.2, -0.15) is 0 Å². The predicted molar refractivity (Wildman–Crippen MR) is 114 cm³/mol. The highest BCUT2D eigenvalue weighted by atomic mass is 32.1. The lowest BCUT2D eigenvalue weighted by molar-refractivity contribution is -0.121. The van der Waals surface area contributed by atoms with E-state index < -0.39 is 0 Å². The van der Waals surface area contributed by atoms with E-state index in [9.17, 15) is 14.4 Å². The summed E-state index contributed by atoms with van der Waals surface area (Å²) < 4.78 is 0. The molecule has 2 aliphatic rings. The maximum atomic E-state index is 12.3. The maximum absolute atomic E-state index is 12.3. The van der Waals surface area contributed by atoms with Gasteiger partial charge in [-0.15, -0.1) is 0 Å². The number of imide groups is 1. The number of nitrogens with one attached hydrogen (secondary N) is 3. The summed E-state index contributed by atoms with van der Waals surface area (Å²) in [6.07, 6.45) is 4.05. The lowest BCUT2D eigenvalue weighted by atomic mass is 9.78. The molecule has 0 aromatic heterocycles. The fraction of sp³-hybridized carbons (Fsp3) is 0.524. The number of hydrogen-bond donors (Lipinski definition) is 3. The largest absolute Gasteiger partial charge is 0.358 e. The third-order valence-electron chi connectivity index (χ3n) is 6.00. The number of carbonyl (C=O) groups is 3. The first-order valence-electron chi connectivity index (χ1n) is 10.2. The van der Waals surface area contributed by atoms with Crippen molar-refractivity contribution in [2.24, 2.45) is 11.8 Å². The fourth-order valence-electron chi connectivity index (χ4n) is 4.02. The van der Waals surface area contributed by atoms with Crippen LogP contribution < -0.4 is 16.2 Å². The van der Waals surface area contributed by atoms with Gasteiger partial charge in [-0.1, -0.05) is 38.8 Å². The van der Waals surface area contributed by atoms with Crippen molar-refractivity contribution in [2.45, 2.75) is 52.0 Å². The normalized spacial score (nSPS) is 23.5. The van der Waals surface area contributed by atoms with Gasteiger partial charge < -0.3 is 5.32 Å². The number of fused-ring (bicyclic) bond motifs is 1. The Bertz CT molecular complexity index is 778. The van der Waals surface area contributed by atoms with Gasteiger partial charge in [0.05, 0.1) is 11.1 Å². The molecular weight excluding hydrogens is 388 g/mol. The van der Waals surface area contributed by atoms with Gasteiger partial charge in [0.15, 0.2) is 5.11 Å². The molecule has 1 aromatic rings. The quantitative estimate of drug-likeness (QED) is 0.388. The zero-order chi connectivity index (χ0) is 21.0. The lowest BCUT2D eigenvalue weighted by Crippen LogP contribution is -2.52. The number of hydrazine groups is 1. The van der Waals surface area contributed by atoms with Gasteiger partial charge in [0, 0.05) is 19.0 Å². The number of carbonyl (C=O) groups excluding carboxylic acids is 3. The van der Waals surface area contributed by atoms with Gasteiger partial charge in [-0.05, 0) is 49.0 Å². The van der Waals surface area contributed by atoms with E-state index in [0.29, 0.717) is 40.5 Å². The Balaban J connectivity index is 1.37. The number of rotatable bonds is 5. The van der Waals surface area contributed by atoms with Crippen molar-refractivity contribution in [2.75, 3.05) is 6.54 Å². The highest BCUT2D eigenvalue weighted by Gasteiger charge is 2.34. The first kappa shape index (κ1) is 21.2. The van der Waals surface area contributed by atoms with Crippen LogP contribution in [0.5, 0.6) is 0 Å². The Morgan fingerprint density at radius 3 is 2.41 bits per heavy atom. The van der Waals surface area contributed by atoms with Crippen LogP contribution in [0.3, 0.4) is 0 Å². The average molecular weight is 417 g/mol. The summed E-state index contributed by atoms with van der Waals surface area (Å²) in [5.74, 6) is 0.339. The van der Waals surface area contributed by atoms with Crippen LogP contribution in [0.25, 0.3) is 0 Å². The molecule has 8 heteroatoms. The summed E-state index contributed by atoms with van der Waals surface area (Å²) >= 11 is 5.28. The summed E-state index contributed by atoms with van der Waals surface area (Å²) in [4.78, 5) is 37.9. The van der Waals surface area contributed by atoms with Crippen LogP contribution in [0.15, 0.2) is 24.3 Å². The van der Waals surface area contributed by atoms with E-state index in [1.807, 2.05) is 0 Å². The first-order chi connectivity index (χ1) is 13.9. The summed E-state index contributed by atoms with van der Waals surface area (Å²) in [7, 11) is 0. The van der Waals surface area contributed by atoms with Crippen molar-refractivity contribution in [3.8, 4) is 0 Å². The van der Waals surface area contributed by atoms with Crippen LogP contribution in [0.2, 0.25) is 0 Å². The number of amides is 3. The van der Waals surface area contributed by atoms with E-state index in [-0.39, 0.29) is 30.7 Å². The molecule has 0 spiro atoms. The second-order valence-corrected chi connectivity index (χ2v) is 8.34. The number of thiocarbonyl (C=S) groups is 1. The summed E-state index contributed by atoms with van der Waals surface area (Å²) in [5.41, 5.74) is 6.18. The highest BCUT2D eigenvalue weighted by Crippen LogP contribution is 2.29. The second kappa shape index (κ2) is 9.35. The molecule has 1 aliphatic heterocycles. The molecule has 7 nitrogen and oxygen atoms in total. The molecule has 29 heavy (non-hydrogen) atoms. The minimum atomic E-state index is -0.301. The minimum Gasteiger partial charge on any atom is -0.358 e. The first-order valence-corrected chi connectivity index (χ1v) is 10.6. The Morgan fingerprint density at radius 2 is 1.76 bits per heavy atom. The molecule has 3 atom stereocenters. The van der Waals surface area contributed by atoms with Crippen molar-refractivity contribution in [1.82, 2.24) is 21.1 Å². The van der Waals surface area contributed by atoms with Crippen molar-refractivity contribution in [3.05, 3.63) is 35.4 Å². The van der Waals surface area contributed by atoms with E-state index in [1.54, 1.807) is 24.3 Å². The molecule has 1 heterocycles. The smallest absolute Gasteiger partial charge is 0.261 e. The van der Waals surface area contributed by atoms with E-state index in [1.165, 1.54) is 17.7 Å². The van der Waals surface area contributed by atoms with Crippen molar-refractivity contribution in [1.29, 1.82) is 0 Å². The molecule has 156 valence electrons. The lowest BCUT2D eigenvalue weighted by Gasteiger charge is -2.35. The van der Waals surface area contributed by atoms with E-state index in [2.05, 4.69) is 30.0 Å². The topological polar surface area (TPSA) is 90.5 Å². The van der Waals surface area contributed by atoms with Crippen LogP contribution in [-0.2, 0) is 4.79 Å². The van der Waals surface area contributed by atoms with Crippen molar-refractivity contribution >= 4 is 35.1 Å². The Hall–Kier alpha value is -2.48. The van der Waals surface area contributed by atoms with Crippen LogP contribution in [-0.4, -0.2) is 40.3 Å². The van der Waals surface area contributed by atoms with Gasteiger partial charge in [-0.3, -0.25) is 30.1 Å². The molecule has 0 saturated heterocycles. The number of hydrogen-bond acceptors (Lipinski definition) is 4. The molecular formula is C21H28N4O3S. The molecule has 1 fully saturated rings. The second-order valence-electron chi connectivity index (χ2n) is 7.93. The Labute approximate surface area is 176 Å². The minimum absolute atomic E-state index is 0.180. The van der Waals surface area contributed by atoms with Crippen LogP contribution in [0.4, 0.5) is 0 Å². The number of benzene rings is 1. The van der Waals surface area contributed by atoms with Crippen molar-refractivity contribution < 1.29 is 14.4 Å². The van der Waals surface area contributed by atoms with Gasteiger partial charge in [0.25, 0.3) is 11.8 Å². The summed E-state index contributed by atoms with van der Waals surface area (Å²) in [6.45, 7) is 4.69. The molecule has 3 N–H and O–H groups in total. The third kappa shape index (κ3) is 4.93. The molecule has 3 amide bonds. The van der Waals surface area contributed by atoms with Crippen LogP contribution in [0, 0.1) is 11.8 Å². The molecule has 0 unspecified atom stereocenters. The zero-order valence-electron chi connectivity index (χ0n) is 16.9. The standard InChI is InChI=1S/C21H28N4O3S/c1-13-7-5-10-17(14(13)2)22-21(29)24-23-18(26)11-6-12-25-19(27)15-8-3-4-9-16(15)20(25)28/h3-4,8-9,13-14,17H,5-7,10-12H2,1-2H3,(H,23,26)(H2,22,24,29)/t13-,14-,17-/m1/s1. The van der Waals surface area contributed by atoms with Crippen LogP contribution in [0.1, 0.15) is 66.7 Å². The van der Waals surface area contributed by atoms with E-state index in [0.717, 1.165) is 6.42 Å². The monoisotopic (exact) mass is 416 g/mol. The molecule has 0 bridgehead atoms. The van der Waals surface area contributed by atoms with Gasteiger partial charge in [-0.25, -0.2) is 0 Å². The SMILES string of the molecule is C[C@@H]1[C@H](C)CCC[C@H]1NC(=S)NNC(=O)CCCN1C(=O)c2ccccc2C1=O. The molecule has 1 saturated carbocycles. The summed E-state index contributed by atoms with van der Waals surface area (Å²) in [6, 6.07) is 7.07. The van der Waals surface area contributed by atoms with Gasteiger partial charge >= 0.3 is 0 Å². The number of nitrogens with zero attached hydrogens (tertiary/aromatic N) is 1. The fourth-order valence-corrected chi connectivity index (χ4v) is 4.22. The predicted octanol–water partition coefficient (Wildman–Crippen LogP) is 2.38. The third-order valence-corrected chi connectivity index (χ3v) is 6.22. The molecule has 3 rings (SSSR count). The molecule has 0 radical (unpaired) electrons. The summed E-state index contributed by atoms with van der Waals surface area (Å²) in [5, 5.41) is 3.69. The Kier molecular flexibility index (Phi) is 6.84. The van der Waals surface area contributed by atoms with E-state index >= 15 is 0 Å². The zero-order valence-corrected chi connectivity index (χ0v) is 17.7. The molecule has 1 aliphatic carbocycles. The van der Waals surface area contributed by atoms with E-state index in [4.69, 9.17) is 12.2 Å². The average Bonchev–Trinajstić information content (AvgIpc) is 2.95. The highest BCUT2D eigenvalue weighted by molar-refractivity contribution is 7.80. The maximum Gasteiger partial charge on any atom is 0.261 e.